The molecule has 0 bridgehead atoms. The molecule has 0 aromatic heterocycles. The van der Waals surface area contributed by atoms with Gasteiger partial charge in [-0.1, -0.05) is 18.2 Å². The quantitative estimate of drug-likeness (QED) is 0.919. The molecular weight excluding hydrogens is 304 g/mol. The third-order valence-corrected chi connectivity index (χ3v) is 3.99. The molecule has 1 N–H and O–H groups in total. The van der Waals surface area contributed by atoms with Crippen molar-refractivity contribution in [2.75, 3.05) is 23.4 Å². The lowest BCUT2D eigenvalue weighted by Gasteiger charge is -2.16. The molecule has 1 saturated heterocycles. The van der Waals surface area contributed by atoms with E-state index in [0.29, 0.717) is 17.9 Å². The monoisotopic (exact) mass is 324 g/mol. The van der Waals surface area contributed by atoms with Crippen LogP contribution in [0.4, 0.5) is 11.4 Å². The molecule has 0 radical (unpaired) electrons. The molecule has 0 unspecified atom stereocenters. The number of aryl methyl sites for hydroxylation is 1. The van der Waals surface area contributed by atoms with E-state index in [1.165, 1.54) is 0 Å². The van der Waals surface area contributed by atoms with Crippen molar-refractivity contribution in [2.45, 2.75) is 19.8 Å². The van der Waals surface area contributed by atoms with Crippen LogP contribution >= 0.6 is 0 Å². The number of nitrogens with one attached hydrogen (secondary N) is 1. The summed E-state index contributed by atoms with van der Waals surface area (Å²) in [6, 6.07) is 14.9. The van der Waals surface area contributed by atoms with E-state index in [9.17, 15) is 9.59 Å². The zero-order chi connectivity index (χ0) is 16.9. The van der Waals surface area contributed by atoms with Crippen molar-refractivity contribution in [1.29, 1.82) is 0 Å². The maximum Gasteiger partial charge on any atom is 0.262 e. The van der Waals surface area contributed by atoms with Crippen molar-refractivity contribution in [3.63, 3.8) is 0 Å². The van der Waals surface area contributed by atoms with Crippen LogP contribution in [0.5, 0.6) is 5.75 Å². The predicted octanol–water partition coefficient (Wildman–Crippen LogP) is 3.14. The Morgan fingerprint density at radius 2 is 1.92 bits per heavy atom. The number of carbonyl (C=O) groups is 2. The molecule has 2 amide bonds. The Balaban J connectivity index is 1.55. The molecule has 0 atom stereocenters. The highest BCUT2D eigenvalue weighted by Gasteiger charge is 2.21. The second-order valence-electron chi connectivity index (χ2n) is 5.80. The molecule has 0 saturated carbocycles. The number of benzene rings is 2. The van der Waals surface area contributed by atoms with E-state index in [0.717, 1.165) is 24.2 Å². The van der Waals surface area contributed by atoms with E-state index in [1.807, 2.05) is 43.3 Å². The van der Waals surface area contributed by atoms with Crippen molar-refractivity contribution in [1.82, 2.24) is 0 Å². The van der Waals surface area contributed by atoms with Crippen LogP contribution in [0.25, 0.3) is 0 Å². The number of ether oxygens (including phenoxy) is 1. The topological polar surface area (TPSA) is 58.6 Å². The minimum absolute atomic E-state index is 0.0444. The fourth-order valence-electron chi connectivity index (χ4n) is 2.70. The van der Waals surface area contributed by atoms with E-state index in [2.05, 4.69) is 5.32 Å². The molecule has 1 fully saturated rings. The fourth-order valence-corrected chi connectivity index (χ4v) is 2.70. The number of hydrogen-bond acceptors (Lipinski definition) is 3. The smallest absolute Gasteiger partial charge is 0.262 e. The predicted molar refractivity (Wildman–Crippen MR) is 93.3 cm³/mol. The van der Waals surface area contributed by atoms with Gasteiger partial charge in [-0.3, -0.25) is 9.59 Å². The summed E-state index contributed by atoms with van der Waals surface area (Å²) in [6.07, 6.45) is 1.50. The number of amides is 2. The average Bonchev–Trinajstić information content (AvgIpc) is 3.01. The molecule has 24 heavy (non-hydrogen) atoms. The Kier molecular flexibility index (Phi) is 4.79. The third kappa shape index (κ3) is 3.74. The lowest BCUT2D eigenvalue weighted by Crippen LogP contribution is -2.23. The van der Waals surface area contributed by atoms with E-state index >= 15 is 0 Å². The summed E-state index contributed by atoms with van der Waals surface area (Å²) in [4.78, 5) is 25.5. The molecule has 3 rings (SSSR count). The number of carbonyl (C=O) groups excluding carboxylic acids is 2. The Morgan fingerprint density at radius 3 is 2.58 bits per heavy atom. The SMILES string of the molecule is Cc1ccccc1OCC(=O)Nc1ccc(N2CCCC2=O)cc1. The van der Waals surface area contributed by atoms with Crippen molar-refractivity contribution in [2.24, 2.45) is 0 Å². The highest BCUT2D eigenvalue weighted by molar-refractivity contribution is 5.96. The zero-order valence-electron chi connectivity index (χ0n) is 13.6. The molecule has 2 aromatic rings. The van der Waals surface area contributed by atoms with Crippen molar-refractivity contribution in [3.8, 4) is 5.75 Å². The number of para-hydroxylation sites is 1. The van der Waals surface area contributed by atoms with Gasteiger partial charge < -0.3 is 15.0 Å². The molecule has 1 aliphatic heterocycles. The van der Waals surface area contributed by atoms with E-state index < -0.39 is 0 Å². The highest BCUT2D eigenvalue weighted by Crippen LogP contribution is 2.23. The molecule has 0 spiro atoms. The van der Waals surface area contributed by atoms with Crippen LogP contribution in [0.1, 0.15) is 18.4 Å². The Morgan fingerprint density at radius 1 is 1.17 bits per heavy atom. The van der Waals surface area contributed by atoms with E-state index in [1.54, 1.807) is 17.0 Å². The van der Waals surface area contributed by atoms with Gasteiger partial charge in [0.1, 0.15) is 5.75 Å². The molecular formula is C19H20N2O3. The van der Waals surface area contributed by atoms with Crippen molar-refractivity contribution < 1.29 is 14.3 Å². The Labute approximate surface area is 141 Å². The minimum Gasteiger partial charge on any atom is -0.483 e. The molecule has 124 valence electrons. The molecule has 5 nitrogen and oxygen atoms in total. The van der Waals surface area contributed by atoms with Gasteiger partial charge in [0.25, 0.3) is 5.91 Å². The molecule has 1 aliphatic rings. The van der Waals surface area contributed by atoms with Gasteiger partial charge in [-0.15, -0.1) is 0 Å². The van der Waals surface area contributed by atoms with Crippen LogP contribution < -0.4 is 15.0 Å². The second kappa shape index (κ2) is 7.17. The number of anilines is 2. The van der Waals surface area contributed by atoms with Crippen LogP contribution in [-0.2, 0) is 9.59 Å². The average molecular weight is 324 g/mol. The standard InChI is InChI=1S/C19H20N2O3/c1-14-5-2-3-6-17(14)24-13-18(22)20-15-8-10-16(11-9-15)21-12-4-7-19(21)23/h2-3,5-6,8-11H,4,7,12-13H2,1H3,(H,20,22). The van der Waals surface area contributed by atoms with Gasteiger partial charge in [0.2, 0.25) is 5.91 Å². The summed E-state index contributed by atoms with van der Waals surface area (Å²) >= 11 is 0. The van der Waals surface area contributed by atoms with Gasteiger partial charge in [0.05, 0.1) is 0 Å². The first-order valence-corrected chi connectivity index (χ1v) is 8.02. The summed E-state index contributed by atoms with van der Waals surface area (Å²) in [5.74, 6) is 0.636. The number of rotatable bonds is 5. The van der Waals surface area contributed by atoms with Gasteiger partial charge >= 0.3 is 0 Å². The lowest BCUT2D eigenvalue weighted by atomic mass is 10.2. The molecule has 1 heterocycles. The number of hydrogen-bond donors (Lipinski definition) is 1. The van der Waals surface area contributed by atoms with Crippen molar-refractivity contribution in [3.05, 3.63) is 54.1 Å². The van der Waals surface area contributed by atoms with Gasteiger partial charge in [0, 0.05) is 24.3 Å². The first-order valence-electron chi connectivity index (χ1n) is 8.02. The molecule has 5 heteroatoms. The normalized spacial score (nSPS) is 13.9. The number of nitrogens with zero attached hydrogens (tertiary/aromatic N) is 1. The second-order valence-corrected chi connectivity index (χ2v) is 5.80. The highest BCUT2D eigenvalue weighted by atomic mass is 16.5. The van der Waals surface area contributed by atoms with E-state index in [-0.39, 0.29) is 18.4 Å². The van der Waals surface area contributed by atoms with Crippen molar-refractivity contribution >= 4 is 23.2 Å². The summed E-state index contributed by atoms with van der Waals surface area (Å²) in [7, 11) is 0. The molecule has 2 aromatic carbocycles. The lowest BCUT2D eigenvalue weighted by molar-refractivity contribution is -0.118. The summed E-state index contributed by atoms with van der Waals surface area (Å²) < 4.78 is 5.52. The van der Waals surface area contributed by atoms with E-state index in [4.69, 9.17) is 4.74 Å². The third-order valence-electron chi connectivity index (χ3n) is 3.99. The fraction of sp³-hybridized carbons (Fsp3) is 0.263. The largest absolute Gasteiger partial charge is 0.483 e. The van der Waals surface area contributed by atoms with Gasteiger partial charge in [0.15, 0.2) is 6.61 Å². The maximum absolute atomic E-state index is 12.0. The van der Waals surface area contributed by atoms with Crippen LogP contribution in [-0.4, -0.2) is 25.0 Å². The summed E-state index contributed by atoms with van der Waals surface area (Å²) in [5, 5.41) is 2.79. The zero-order valence-corrected chi connectivity index (χ0v) is 13.6. The minimum atomic E-state index is -0.219. The van der Waals surface area contributed by atoms with Gasteiger partial charge in [-0.2, -0.15) is 0 Å². The van der Waals surface area contributed by atoms with Crippen LogP contribution in [0.15, 0.2) is 48.5 Å². The first kappa shape index (κ1) is 16.1. The summed E-state index contributed by atoms with van der Waals surface area (Å²) in [5.41, 5.74) is 2.54. The Bertz CT molecular complexity index is 741. The first-order chi connectivity index (χ1) is 11.6. The molecule has 0 aliphatic carbocycles. The van der Waals surface area contributed by atoms with Gasteiger partial charge in [-0.05, 0) is 49.2 Å². The summed E-state index contributed by atoms with van der Waals surface area (Å²) in [6.45, 7) is 2.65. The Hall–Kier alpha value is -2.82. The van der Waals surface area contributed by atoms with Crippen LogP contribution in [0.2, 0.25) is 0 Å². The maximum atomic E-state index is 12.0. The van der Waals surface area contributed by atoms with Gasteiger partial charge in [-0.25, -0.2) is 0 Å². The van der Waals surface area contributed by atoms with Crippen LogP contribution in [0, 0.1) is 6.92 Å². The van der Waals surface area contributed by atoms with Crippen LogP contribution in [0.3, 0.4) is 0 Å².